The summed E-state index contributed by atoms with van der Waals surface area (Å²) in [6, 6.07) is 16.8. The van der Waals surface area contributed by atoms with Crippen LogP contribution >= 0.6 is 0 Å². The zero-order valence-corrected chi connectivity index (χ0v) is 13.6. The van der Waals surface area contributed by atoms with Crippen molar-refractivity contribution in [1.29, 1.82) is 0 Å². The number of hydrogen-bond donors (Lipinski definition) is 1. The summed E-state index contributed by atoms with van der Waals surface area (Å²) in [6.45, 7) is 2.80. The normalized spacial score (nSPS) is 10.9. The van der Waals surface area contributed by atoms with Gasteiger partial charge in [-0.25, -0.2) is 0 Å². The highest BCUT2D eigenvalue weighted by molar-refractivity contribution is 6.04. The van der Waals surface area contributed by atoms with Gasteiger partial charge in [-0.2, -0.15) is 0 Å². The quantitative estimate of drug-likeness (QED) is 0.614. The molecule has 0 fully saturated rings. The van der Waals surface area contributed by atoms with Gasteiger partial charge in [0.25, 0.3) is 5.91 Å². The summed E-state index contributed by atoms with van der Waals surface area (Å²) >= 11 is 0. The molecule has 0 unspecified atom stereocenters. The van der Waals surface area contributed by atoms with E-state index in [1.807, 2.05) is 60.0 Å². The van der Waals surface area contributed by atoms with Crippen molar-refractivity contribution in [3.63, 3.8) is 0 Å². The number of nitrogens with zero attached hydrogens (tertiary/aromatic N) is 3. The average Bonchev–Trinajstić information content (AvgIpc) is 3.28. The molecular weight excluding hydrogens is 316 g/mol. The molecule has 0 radical (unpaired) electrons. The molecule has 124 valence electrons. The Balaban J connectivity index is 1.60. The Kier molecular flexibility index (Phi) is 3.78. The maximum Gasteiger partial charge on any atom is 0.291 e. The molecule has 0 aliphatic rings. The molecule has 25 heavy (non-hydrogen) atoms. The maximum atomic E-state index is 12.5. The van der Waals surface area contributed by atoms with Gasteiger partial charge in [0.2, 0.25) is 0 Å². The van der Waals surface area contributed by atoms with Crippen LogP contribution in [0.25, 0.3) is 22.4 Å². The molecule has 6 nitrogen and oxygen atoms in total. The van der Waals surface area contributed by atoms with Gasteiger partial charge >= 0.3 is 0 Å². The lowest BCUT2D eigenvalue weighted by Gasteiger charge is -2.07. The fourth-order valence-electron chi connectivity index (χ4n) is 2.73. The number of nitrogens with one attached hydrogen (secondary N) is 1. The number of carbonyl (C=O) groups excluding carboxylic acids is 1. The molecule has 0 aliphatic carbocycles. The number of hydrogen-bond acceptors (Lipinski definition) is 4. The second kappa shape index (κ2) is 6.24. The van der Waals surface area contributed by atoms with Crippen LogP contribution in [0.15, 0.2) is 65.3 Å². The minimum Gasteiger partial charge on any atom is -0.451 e. The van der Waals surface area contributed by atoms with E-state index >= 15 is 0 Å². The summed E-state index contributed by atoms with van der Waals surface area (Å²) in [6.07, 6.45) is 1.69. The Morgan fingerprint density at radius 2 is 2.04 bits per heavy atom. The molecule has 1 amide bonds. The molecule has 1 N–H and O–H groups in total. The van der Waals surface area contributed by atoms with E-state index < -0.39 is 0 Å². The van der Waals surface area contributed by atoms with Crippen molar-refractivity contribution in [3.05, 3.63) is 66.7 Å². The minimum atomic E-state index is -0.287. The molecule has 4 rings (SSSR count). The van der Waals surface area contributed by atoms with Crippen LogP contribution in [-0.2, 0) is 6.54 Å². The van der Waals surface area contributed by atoms with Crippen molar-refractivity contribution in [2.24, 2.45) is 0 Å². The summed E-state index contributed by atoms with van der Waals surface area (Å²) < 4.78 is 7.55. The third-order valence-corrected chi connectivity index (χ3v) is 3.98. The van der Waals surface area contributed by atoms with Crippen LogP contribution in [0.3, 0.4) is 0 Å². The molecule has 0 atom stereocenters. The number of aromatic nitrogens is 3. The summed E-state index contributed by atoms with van der Waals surface area (Å²) in [5.74, 6) is 0.760. The maximum absolute atomic E-state index is 12.5. The van der Waals surface area contributed by atoms with Crippen LogP contribution in [0.5, 0.6) is 0 Å². The second-order valence-electron chi connectivity index (χ2n) is 5.62. The van der Waals surface area contributed by atoms with Gasteiger partial charge in [0, 0.05) is 23.2 Å². The van der Waals surface area contributed by atoms with Crippen molar-refractivity contribution < 1.29 is 9.21 Å². The van der Waals surface area contributed by atoms with E-state index in [9.17, 15) is 4.79 Å². The molecule has 4 aromatic rings. The first kappa shape index (κ1) is 15.1. The van der Waals surface area contributed by atoms with E-state index in [2.05, 4.69) is 15.5 Å². The number of para-hydroxylation sites is 1. The third kappa shape index (κ3) is 2.89. The van der Waals surface area contributed by atoms with Crippen LogP contribution in [0, 0.1) is 0 Å². The van der Waals surface area contributed by atoms with Gasteiger partial charge in [-0.1, -0.05) is 30.3 Å². The van der Waals surface area contributed by atoms with E-state index in [0.29, 0.717) is 11.3 Å². The summed E-state index contributed by atoms with van der Waals surface area (Å²) in [4.78, 5) is 12.5. The molecule has 0 saturated carbocycles. The van der Waals surface area contributed by atoms with Crippen LogP contribution in [0.4, 0.5) is 5.69 Å². The van der Waals surface area contributed by atoms with Gasteiger partial charge in [-0.05, 0) is 31.2 Å². The lowest BCUT2D eigenvalue weighted by molar-refractivity contribution is 0.0998. The third-order valence-electron chi connectivity index (χ3n) is 3.98. The monoisotopic (exact) mass is 332 g/mol. The first-order valence-corrected chi connectivity index (χ1v) is 8.03. The largest absolute Gasteiger partial charge is 0.451 e. The van der Waals surface area contributed by atoms with E-state index in [-0.39, 0.29) is 11.7 Å². The van der Waals surface area contributed by atoms with Crippen LogP contribution in [0.2, 0.25) is 0 Å². The summed E-state index contributed by atoms with van der Waals surface area (Å²) in [5.41, 5.74) is 2.26. The van der Waals surface area contributed by atoms with Gasteiger partial charge in [-0.3, -0.25) is 4.79 Å². The number of anilines is 1. The Labute approximate surface area is 144 Å². The molecule has 2 aromatic heterocycles. The number of amides is 1. The highest BCUT2D eigenvalue weighted by Gasteiger charge is 2.13. The fourth-order valence-corrected chi connectivity index (χ4v) is 2.73. The standard InChI is InChI=1S/C19H16N4O2/c1-2-23-12-20-22-18(23)14-7-5-8-15(10-14)21-19(24)17-11-13-6-3-4-9-16(13)25-17/h3-12H,2H2,1H3,(H,21,24). The van der Waals surface area contributed by atoms with Crippen LogP contribution < -0.4 is 5.32 Å². The fraction of sp³-hybridized carbons (Fsp3) is 0.105. The van der Waals surface area contributed by atoms with Gasteiger partial charge in [-0.15, -0.1) is 10.2 Å². The van der Waals surface area contributed by atoms with Gasteiger partial charge < -0.3 is 14.3 Å². The zero-order chi connectivity index (χ0) is 17.2. The van der Waals surface area contributed by atoms with E-state index in [1.54, 1.807) is 12.4 Å². The molecule has 0 saturated heterocycles. The van der Waals surface area contributed by atoms with Crippen molar-refractivity contribution >= 4 is 22.6 Å². The van der Waals surface area contributed by atoms with E-state index in [0.717, 1.165) is 23.3 Å². The number of benzene rings is 2. The average molecular weight is 332 g/mol. The number of aryl methyl sites for hydroxylation is 1. The lowest BCUT2D eigenvalue weighted by Crippen LogP contribution is -2.10. The molecule has 2 heterocycles. The van der Waals surface area contributed by atoms with Gasteiger partial charge in [0.1, 0.15) is 11.9 Å². The number of furan rings is 1. The van der Waals surface area contributed by atoms with Crippen molar-refractivity contribution in [2.45, 2.75) is 13.5 Å². The molecule has 6 heteroatoms. The smallest absolute Gasteiger partial charge is 0.291 e. The number of rotatable bonds is 4. The number of carbonyl (C=O) groups is 1. The van der Waals surface area contributed by atoms with Gasteiger partial charge in [0.15, 0.2) is 11.6 Å². The highest BCUT2D eigenvalue weighted by Crippen LogP contribution is 2.23. The predicted octanol–water partition coefficient (Wildman–Crippen LogP) is 3.96. The lowest BCUT2D eigenvalue weighted by atomic mass is 10.2. The molecule has 0 spiro atoms. The Morgan fingerprint density at radius 1 is 1.16 bits per heavy atom. The molecular formula is C19H16N4O2. The van der Waals surface area contributed by atoms with Gasteiger partial charge in [0.05, 0.1) is 0 Å². The van der Waals surface area contributed by atoms with Crippen LogP contribution in [-0.4, -0.2) is 20.7 Å². The number of fused-ring (bicyclic) bond motifs is 1. The molecule has 0 bridgehead atoms. The SMILES string of the molecule is CCn1cnnc1-c1cccc(NC(=O)c2cc3ccccc3o2)c1. The Morgan fingerprint density at radius 3 is 2.88 bits per heavy atom. The molecule has 2 aromatic carbocycles. The Bertz CT molecular complexity index is 1020. The Hall–Kier alpha value is -3.41. The van der Waals surface area contributed by atoms with Crippen molar-refractivity contribution in [1.82, 2.24) is 14.8 Å². The van der Waals surface area contributed by atoms with Crippen molar-refractivity contribution in [3.8, 4) is 11.4 Å². The van der Waals surface area contributed by atoms with E-state index in [4.69, 9.17) is 4.42 Å². The minimum absolute atomic E-state index is 0.281. The predicted molar refractivity (Wildman–Crippen MR) is 95.3 cm³/mol. The molecule has 0 aliphatic heterocycles. The topological polar surface area (TPSA) is 73.0 Å². The van der Waals surface area contributed by atoms with Crippen LogP contribution in [0.1, 0.15) is 17.5 Å². The first-order valence-electron chi connectivity index (χ1n) is 8.03. The van der Waals surface area contributed by atoms with Crippen molar-refractivity contribution in [2.75, 3.05) is 5.32 Å². The zero-order valence-electron chi connectivity index (χ0n) is 13.6. The first-order chi connectivity index (χ1) is 12.2. The summed E-state index contributed by atoms with van der Waals surface area (Å²) in [5, 5.41) is 11.9. The van der Waals surface area contributed by atoms with E-state index in [1.165, 1.54) is 0 Å². The second-order valence-corrected chi connectivity index (χ2v) is 5.62. The highest BCUT2D eigenvalue weighted by atomic mass is 16.3. The summed E-state index contributed by atoms with van der Waals surface area (Å²) in [7, 11) is 0.